The third kappa shape index (κ3) is 4.28. The first kappa shape index (κ1) is 14.5. The Balaban J connectivity index is 1.94. The number of rotatable bonds is 4. The van der Waals surface area contributed by atoms with Gasteiger partial charge in [0.2, 0.25) is 0 Å². The summed E-state index contributed by atoms with van der Waals surface area (Å²) in [6.07, 6.45) is 0.878. The van der Waals surface area contributed by atoms with E-state index in [0.717, 1.165) is 25.1 Å². The molecule has 0 aliphatic carbocycles. The molecule has 0 amide bonds. The van der Waals surface area contributed by atoms with Crippen LogP contribution in [0.15, 0.2) is 30.3 Å². The Bertz CT molecular complexity index is 490. The van der Waals surface area contributed by atoms with Crippen LogP contribution in [0.3, 0.4) is 0 Å². The van der Waals surface area contributed by atoms with Crippen molar-refractivity contribution in [2.45, 2.75) is 13.0 Å². The van der Waals surface area contributed by atoms with E-state index in [1.165, 1.54) is 0 Å². The van der Waals surface area contributed by atoms with Crippen molar-refractivity contribution < 1.29 is 8.42 Å². The summed E-state index contributed by atoms with van der Waals surface area (Å²) in [7, 11) is -1.35. The Morgan fingerprint density at radius 1 is 1.11 bits per heavy atom. The highest BCUT2D eigenvalue weighted by Gasteiger charge is 2.23. The van der Waals surface area contributed by atoms with Crippen LogP contribution in [-0.4, -0.2) is 50.8 Å². The fraction of sp³-hybridized carbons (Fsp3) is 0.538. The van der Waals surface area contributed by atoms with Crippen LogP contribution in [0.4, 0.5) is 0 Å². The molecule has 1 saturated heterocycles. The Morgan fingerprint density at radius 3 is 2.58 bits per heavy atom. The number of benzene rings is 1. The maximum Gasteiger partial charge on any atom is 0.279 e. The molecule has 0 unspecified atom stereocenters. The van der Waals surface area contributed by atoms with Crippen molar-refractivity contribution in [2.24, 2.45) is 0 Å². The van der Waals surface area contributed by atoms with E-state index in [1.807, 2.05) is 37.4 Å². The van der Waals surface area contributed by atoms with Gasteiger partial charge in [0, 0.05) is 26.2 Å². The number of hydrogen-bond donors (Lipinski definition) is 1. The average Bonchev–Trinajstić information content (AvgIpc) is 2.63. The lowest BCUT2D eigenvalue weighted by atomic mass is 10.2. The SMILES string of the molecule is CN1CCCN(S(=O)(=O)NCc2ccccc2)CC1. The molecule has 0 spiro atoms. The van der Waals surface area contributed by atoms with Crippen LogP contribution in [-0.2, 0) is 16.8 Å². The molecule has 1 aromatic rings. The number of nitrogens with one attached hydrogen (secondary N) is 1. The van der Waals surface area contributed by atoms with Crippen LogP contribution in [0.1, 0.15) is 12.0 Å². The Labute approximate surface area is 115 Å². The summed E-state index contributed by atoms with van der Waals surface area (Å²) in [5.41, 5.74) is 0.970. The smallest absolute Gasteiger partial charge is 0.279 e. The zero-order valence-electron chi connectivity index (χ0n) is 11.2. The molecule has 1 aliphatic rings. The molecular weight excluding hydrogens is 262 g/mol. The number of hydrogen-bond acceptors (Lipinski definition) is 3. The molecule has 2 rings (SSSR count). The normalized spacial score (nSPS) is 19.2. The molecule has 1 aliphatic heterocycles. The predicted octanol–water partition coefficient (Wildman–Crippen LogP) is 0.659. The molecule has 106 valence electrons. The van der Waals surface area contributed by atoms with E-state index in [1.54, 1.807) is 4.31 Å². The molecule has 1 N–H and O–H groups in total. The molecular formula is C13H21N3O2S. The Morgan fingerprint density at radius 2 is 1.84 bits per heavy atom. The fourth-order valence-electron chi connectivity index (χ4n) is 2.12. The lowest BCUT2D eigenvalue weighted by molar-refractivity contribution is 0.346. The van der Waals surface area contributed by atoms with Crippen LogP contribution in [0.5, 0.6) is 0 Å². The second kappa shape index (κ2) is 6.47. The molecule has 1 fully saturated rings. The minimum atomic E-state index is -3.37. The molecule has 0 aromatic heterocycles. The van der Waals surface area contributed by atoms with E-state index in [2.05, 4.69) is 9.62 Å². The van der Waals surface area contributed by atoms with Gasteiger partial charge in [-0.05, 0) is 25.6 Å². The molecule has 5 nitrogen and oxygen atoms in total. The first-order chi connectivity index (χ1) is 9.08. The van der Waals surface area contributed by atoms with Crippen LogP contribution in [0.2, 0.25) is 0 Å². The van der Waals surface area contributed by atoms with Crippen molar-refractivity contribution in [3.63, 3.8) is 0 Å². The molecule has 19 heavy (non-hydrogen) atoms. The minimum Gasteiger partial charge on any atom is -0.305 e. The van der Waals surface area contributed by atoms with Gasteiger partial charge in [-0.25, -0.2) is 0 Å². The van der Waals surface area contributed by atoms with Crippen molar-refractivity contribution in [3.8, 4) is 0 Å². The van der Waals surface area contributed by atoms with E-state index >= 15 is 0 Å². The van der Waals surface area contributed by atoms with E-state index in [9.17, 15) is 8.42 Å². The zero-order chi connectivity index (χ0) is 13.7. The Hall–Kier alpha value is -0.950. The maximum absolute atomic E-state index is 12.2. The summed E-state index contributed by atoms with van der Waals surface area (Å²) in [5.74, 6) is 0. The summed E-state index contributed by atoms with van der Waals surface area (Å²) in [6.45, 7) is 3.22. The highest BCUT2D eigenvalue weighted by molar-refractivity contribution is 7.87. The monoisotopic (exact) mass is 283 g/mol. The second-order valence-corrected chi connectivity index (χ2v) is 6.62. The molecule has 0 atom stereocenters. The minimum absolute atomic E-state index is 0.343. The fourth-order valence-corrected chi connectivity index (χ4v) is 3.35. The topological polar surface area (TPSA) is 52.7 Å². The highest BCUT2D eigenvalue weighted by atomic mass is 32.2. The first-order valence-electron chi connectivity index (χ1n) is 6.55. The van der Waals surface area contributed by atoms with Gasteiger partial charge in [0.25, 0.3) is 10.2 Å². The van der Waals surface area contributed by atoms with Gasteiger partial charge in [-0.15, -0.1) is 0 Å². The molecule has 1 aromatic carbocycles. The maximum atomic E-state index is 12.2. The van der Waals surface area contributed by atoms with E-state index in [0.29, 0.717) is 19.6 Å². The van der Waals surface area contributed by atoms with Gasteiger partial charge in [-0.3, -0.25) is 0 Å². The zero-order valence-corrected chi connectivity index (χ0v) is 12.1. The van der Waals surface area contributed by atoms with E-state index in [-0.39, 0.29) is 0 Å². The highest BCUT2D eigenvalue weighted by Crippen LogP contribution is 2.07. The lowest BCUT2D eigenvalue weighted by Crippen LogP contribution is -2.42. The van der Waals surface area contributed by atoms with Gasteiger partial charge in [0.15, 0.2) is 0 Å². The second-order valence-electron chi connectivity index (χ2n) is 4.87. The summed E-state index contributed by atoms with van der Waals surface area (Å²) < 4.78 is 28.6. The Kier molecular flexibility index (Phi) is 4.93. The van der Waals surface area contributed by atoms with Crippen molar-refractivity contribution in [3.05, 3.63) is 35.9 Å². The van der Waals surface area contributed by atoms with Gasteiger partial charge in [-0.1, -0.05) is 30.3 Å². The molecule has 0 radical (unpaired) electrons. The molecule has 0 saturated carbocycles. The summed E-state index contributed by atoms with van der Waals surface area (Å²) in [4.78, 5) is 2.16. The van der Waals surface area contributed by atoms with Crippen molar-refractivity contribution in [2.75, 3.05) is 33.2 Å². The quantitative estimate of drug-likeness (QED) is 0.883. The molecule has 0 bridgehead atoms. The van der Waals surface area contributed by atoms with Gasteiger partial charge in [0.1, 0.15) is 0 Å². The standard InChI is InChI=1S/C13H21N3O2S/c1-15-8-5-9-16(11-10-15)19(17,18)14-12-13-6-3-2-4-7-13/h2-4,6-7,14H,5,8-12H2,1H3. The van der Waals surface area contributed by atoms with Crippen LogP contribution < -0.4 is 4.72 Å². The number of likely N-dealkylation sites (N-methyl/N-ethyl adjacent to an activating group) is 1. The van der Waals surface area contributed by atoms with Crippen molar-refractivity contribution in [1.29, 1.82) is 0 Å². The van der Waals surface area contributed by atoms with E-state index in [4.69, 9.17) is 0 Å². The average molecular weight is 283 g/mol. The number of nitrogens with zero attached hydrogens (tertiary/aromatic N) is 2. The third-order valence-electron chi connectivity index (χ3n) is 3.32. The van der Waals surface area contributed by atoms with Crippen LogP contribution >= 0.6 is 0 Å². The molecule has 6 heteroatoms. The predicted molar refractivity (Wildman–Crippen MR) is 75.9 cm³/mol. The van der Waals surface area contributed by atoms with Gasteiger partial charge < -0.3 is 4.90 Å². The molecule has 1 heterocycles. The van der Waals surface area contributed by atoms with Gasteiger partial charge in [0.05, 0.1) is 0 Å². The first-order valence-corrected chi connectivity index (χ1v) is 7.99. The van der Waals surface area contributed by atoms with Crippen LogP contribution in [0.25, 0.3) is 0 Å². The summed E-state index contributed by atoms with van der Waals surface area (Å²) >= 11 is 0. The summed E-state index contributed by atoms with van der Waals surface area (Å²) in [6, 6.07) is 9.56. The summed E-state index contributed by atoms with van der Waals surface area (Å²) in [5, 5.41) is 0. The van der Waals surface area contributed by atoms with Gasteiger partial charge in [-0.2, -0.15) is 17.4 Å². The van der Waals surface area contributed by atoms with E-state index < -0.39 is 10.2 Å². The lowest BCUT2D eigenvalue weighted by Gasteiger charge is -2.20. The largest absolute Gasteiger partial charge is 0.305 e. The van der Waals surface area contributed by atoms with Gasteiger partial charge >= 0.3 is 0 Å². The van der Waals surface area contributed by atoms with Crippen molar-refractivity contribution >= 4 is 10.2 Å². The van der Waals surface area contributed by atoms with Crippen molar-refractivity contribution in [1.82, 2.24) is 13.9 Å². The van der Waals surface area contributed by atoms with Crippen LogP contribution in [0, 0.1) is 0 Å². The third-order valence-corrected chi connectivity index (χ3v) is 4.87.